The van der Waals surface area contributed by atoms with E-state index in [4.69, 9.17) is 14.0 Å². The zero-order chi connectivity index (χ0) is 12.7. The maximum atomic E-state index is 11.2. The number of benzene rings is 1. The Morgan fingerprint density at radius 2 is 2.22 bits per heavy atom. The first-order valence-electron chi connectivity index (χ1n) is 4.88. The molecule has 1 aromatic carbocycles. The fourth-order valence-corrected chi connectivity index (χ4v) is 2.38. The Hall–Kier alpha value is -2.41. The summed E-state index contributed by atoms with van der Waals surface area (Å²) in [5.41, 5.74) is 0.844. The quantitative estimate of drug-likeness (QED) is 0.761. The van der Waals surface area contributed by atoms with Gasteiger partial charge in [0.15, 0.2) is 11.5 Å². The predicted molar refractivity (Wildman–Crippen MR) is 62.8 cm³/mol. The van der Waals surface area contributed by atoms with E-state index in [2.05, 4.69) is 5.16 Å². The Labute approximate surface area is 103 Å². The highest BCUT2D eigenvalue weighted by atomic mass is 32.1. The smallest absolute Gasteiger partial charge is 0.396 e. The van der Waals surface area contributed by atoms with Crippen molar-refractivity contribution in [1.82, 2.24) is 5.16 Å². The number of aromatic nitrogens is 1. The molecule has 0 aliphatic rings. The normalized spacial score (nSPS) is 10.9. The molecule has 0 amide bonds. The van der Waals surface area contributed by atoms with Gasteiger partial charge in [0.2, 0.25) is 0 Å². The zero-order valence-electron chi connectivity index (χ0n) is 8.75. The number of carboxylic acid groups (broad SMARTS) is 1. The van der Waals surface area contributed by atoms with Crippen LogP contribution in [0.1, 0.15) is 10.5 Å². The van der Waals surface area contributed by atoms with Crippen molar-refractivity contribution in [3.8, 4) is 11.3 Å². The minimum absolute atomic E-state index is 0.183. The van der Waals surface area contributed by atoms with Crippen molar-refractivity contribution >= 4 is 27.6 Å². The molecule has 6 nitrogen and oxygen atoms in total. The second-order valence-electron chi connectivity index (χ2n) is 3.47. The summed E-state index contributed by atoms with van der Waals surface area (Å²) < 4.78 is 10.5. The maximum Gasteiger partial charge on any atom is 0.396 e. The summed E-state index contributed by atoms with van der Waals surface area (Å²) in [6.07, 6.45) is 0. The molecule has 2 aromatic heterocycles. The van der Waals surface area contributed by atoms with Crippen LogP contribution in [0.4, 0.5) is 0 Å². The lowest BCUT2D eigenvalue weighted by Gasteiger charge is -1.94. The molecule has 0 aliphatic heterocycles. The van der Waals surface area contributed by atoms with Crippen LogP contribution in [-0.2, 0) is 0 Å². The van der Waals surface area contributed by atoms with Crippen LogP contribution in [0.15, 0.2) is 38.0 Å². The third kappa shape index (κ3) is 1.61. The number of aromatic carboxylic acids is 1. The fourth-order valence-electron chi connectivity index (χ4n) is 1.59. The van der Waals surface area contributed by atoms with Crippen LogP contribution in [0.3, 0.4) is 0 Å². The first kappa shape index (κ1) is 10.7. The minimum Gasteiger partial charge on any atom is -0.476 e. The van der Waals surface area contributed by atoms with Crippen molar-refractivity contribution in [2.24, 2.45) is 0 Å². The molecular weight excluding hydrogens is 258 g/mol. The van der Waals surface area contributed by atoms with E-state index in [1.165, 1.54) is 6.07 Å². The molecule has 0 saturated carbocycles. The second-order valence-corrected chi connectivity index (χ2v) is 4.41. The molecule has 0 atom stereocenters. The molecule has 18 heavy (non-hydrogen) atoms. The van der Waals surface area contributed by atoms with E-state index < -0.39 is 10.9 Å². The molecule has 0 aliphatic carbocycles. The van der Waals surface area contributed by atoms with Crippen LogP contribution in [-0.4, -0.2) is 16.2 Å². The van der Waals surface area contributed by atoms with Crippen molar-refractivity contribution in [3.05, 3.63) is 39.7 Å². The van der Waals surface area contributed by atoms with Gasteiger partial charge in [-0.15, -0.1) is 0 Å². The summed E-state index contributed by atoms with van der Waals surface area (Å²) in [5, 5.41) is 12.2. The van der Waals surface area contributed by atoms with Gasteiger partial charge in [-0.3, -0.25) is 0 Å². The molecule has 7 heteroatoms. The molecule has 3 aromatic rings. The largest absolute Gasteiger partial charge is 0.476 e. The monoisotopic (exact) mass is 263 g/mol. The van der Waals surface area contributed by atoms with Crippen LogP contribution in [0.5, 0.6) is 0 Å². The highest BCUT2D eigenvalue weighted by Crippen LogP contribution is 2.30. The number of hydrogen-bond acceptors (Lipinski definition) is 6. The molecule has 90 valence electrons. The lowest BCUT2D eigenvalue weighted by atomic mass is 10.1. The molecule has 0 spiro atoms. The molecule has 3 rings (SSSR count). The van der Waals surface area contributed by atoms with Crippen LogP contribution >= 0.6 is 11.3 Å². The molecule has 1 N–H and O–H groups in total. The minimum atomic E-state index is -1.17. The van der Waals surface area contributed by atoms with Gasteiger partial charge in [-0.2, -0.15) is 0 Å². The molecule has 0 saturated heterocycles. The van der Waals surface area contributed by atoms with E-state index in [0.717, 1.165) is 11.3 Å². The Morgan fingerprint density at radius 3 is 2.94 bits per heavy atom. The summed E-state index contributed by atoms with van der Waals surface area (Å²) >= 11 is 0.934. The molecular formula is C11H5NO5S. The molecule has 0 radical (unpaired) electrons. The molecule has 2 heterocycles. The van der Waals surface area contributed by atoms with E-state index >= 15 is 0 Å². The van der Waals surface area contributed by atoms with Gasteiger partial charge in [0.1, 0.15) is 5.58 Å². The van der Waals surface area contributed by atoms with Gasteiger partial charge in [-0.25, -0.2) is 9.59 Å². The van der Waals surface area contributed by atoms with Gasteiger partial charge in [0.25, 0.3) is 0 Å². The number of carboxylic acids is 1. The average molecular weight is 263 g/mol. The summed E-state index contributed by atoms with van der Waals surface area (Å²) in [6, 6.07) is 6.36. The Kier molecular flexibility index (Phi) is 2.27. The van der Waals surface area contributed by atoms with Crippen molar-refractivity contribution in [1.29, 1.82) is 0 Å². The first-order chi connectivity index (χ1) is 8.65. The van der Waals surface area contributed by atoms with Crippen LogP contribution in [0, 0.1) is 0 Å². The SMILES string of the molecule is O=C(O)c1cc(-c2cccc3oc(=O)sc23)on1. The molecule has 0 bridgehead atoms. The van der Waals surface area contributed by atoms with E-state index in [0.29, 0.717) is 15.8 Å². The average Bonchev–Trinajstić information content (AvgIpc) is 2.92. The summed E-state index contributed by atoms with van der Waals surface area (Å²) in [4.78, 5) is 21.5. The Morgan fingerprint density at radius 1 is 1.39 bits per heavy atom. The number of fused-ring (bicyclic) bond motifs is 1. The van der Waals surface area contributed by atoms with Crippen LogP contribution in [0.25, 0.3) is 21.6 Å². The Balaban J connectivity index is 2.24. The third-order valence-corrected chi connectivity index (χ3v) is 3.23. The van der Waals surface area contributed by atoms with Crippen LogP contribution in [0.2, 0.25) is 0 Å². The van der Waals surface area contributed by atoms with E-state index in [-0.39, 0.29) is 11.5 Å². The molecule has 0 unspecified atom stereocenters. The van der Waals surface area contributed by atoms with Crippen molar-refractivity contribution in [3.63, 3.8) is 0 Å². The lowest BCUT2D eigenvalue weighted by Crippen LogP contribution is -1.94. The van der Waals surface area contributed by atoms with E-state index in [9.17, 15) is 9.59 Å². The zero-order valence-corrected chi connectivity index (χ0v) is 9.56. The summed E-state index contributed by atoms with van der Waals surface area (Å²) in [7, 11) is 0. The van der Waals surface area contributed by atoms with Crippen molar-refractivity contribution in [2.45, 2.75) is 0 Å². The van der Waals surface area contributed by atoms with Crippen LogP contribution < -0.4 is 4.94 Å². The molecule has 0 fully saturated rings. The number of rotatable bonds is 2. The topological polar surface area (TPSA) is 93.5 Å². The fraction of sp³-hybridized carbons (Fsp3) is 0. The highest BCUT2D eigenvalue weighted by Gasteiger charge is 2.16. The lowest BCUT2D eigenvalue weighted by molar-refractivity contribution is 0.0686. The van der Waals surface area contributed by atoms with Crippen molar-refractivity contribution in [2.75, 3.05) is 0 Å². The third-order valence-electron chi connectivity index (χ3n) is 2.35. The summed E-state index contributed by atoms with van der Waals surface area (Å²) in [6.45, 7) is 0. The summed E-state index contributed by atoms with van der Waals surface area (Å²) in [5.74, 6) is -0.882. The second kappa shape index (κ2) is 3.81. The van der Waals surface area contributed by atoms with Crippen molar-refractivity contribution < 1.29 is 18.8 Å². The maximum absolute atomic E-state index is 11.2. The van der Waals surface area contributed by atoms with Gasteiger partial charge in [-0.05, 0) is 12.1 Å². The first-order valence-corrected chi connectivity index (χ1v) is 5.70. The number of carbonyl (C=O) groups is 1. The van der Waals surface area contributed by atoms with Gasteiger partial charge in [0, 0.05) is 11.6 Å². The standard InChI is InChI=1S/C11H5NO5S/c13-10(14)6-4-8(17-12-6)5-2-1-3-7-9(5)18-11(15)16-7/h1-4H,(H,13,14). The predicted octanol–water partition coefficient (Wildman–Crippen LogP) is 2.21. The number of hydrogen-bond donors (Lipinski definition) is 1. The Bertz CT molecular complexity index is 797. The highest BCUT2D eigenvalue weighted by molar-refractivity contribution is 7.16. The van der Waals surface area contributed by atoms with Gasteiger partial charge in [-0.1, -0.05) is 22.6 Å². The number of nitrogens with zero attached hydrogens (tertiary/aromatic N) is 1. The van der Waals surface area contributed by atoms with Gasteiger partial charge in [0.05, 0.1) is 4.70 Å². The van der Waals surface area contributed by atoms with E-state index in [1.54, 1.807) is 18.2 Å². The van der Waals surface area contributed by atoms with Gasteiger partial charge >= 0.3 is 10.9 Å². The van der Waals surface area contributed by atoms with Gasteiger partial charge < -0.3 is 14.0 Å². The van der Waals surface area contributed by atoms with E-state index in [1.807, 2.05) is 0 Å².